The second-order valence-electron chi connectivity index (χ2n) is 4.98. The van der Waals surface area contributed by atoms with Gasteiger partial charge in [0.2, 0.25) is 6.41 Å². The summed E-state index contributed by atoms with van der Waals surface area (Å²) < 4.78 is 13.0. The average molecular weight is 324 g/mol. The van der Waals surface area contributed by atoms with E-state index >= 15 is 0 Å². The molecule has 1 rings (SSSR count). The smallest absolute Gasteiger partial charge is 0.265 e. The molecule has 0 radical (unpaired) electrons. The number of carbonyl (C=O) groups is 3. The number of nitrogens with one attached hydrogen (secondary N) is 1. The van der Waals surface area contributed by atoms with Gasteiger partial charge in [0.05, 0.1) is 19.8 Å². The van der Waals surface area contributed by atoms with Gasteiger partial charge in [0.1, 0.15) is 12.9 Å². The zero-order chi connectivity index (χ0) is 16.9. The average Bonchev–Trinajstić information content (AvgIpc) is 2.60. The molecule has 1 aromatic rings. The van der Waals surface area contributed by atoms with E-state index in [9.17, 15) is 18.8 Å². The van der Waals surface area contributed by atoms with Gasteiger partial charge in [-0.2, -0.15) is 0 Å². The summed E-state index contributed by atoms with van der Waals surface area (Å²) >= 11 is 0. The van der Waals surface area contributed by atoms with Crippen molar-refractivity contribution in [2.24, 2.45) is 5.92 Å². The van der Waals surface area contributed by atoms with Gasteiger partial charge in [-0.1, -0.05) is 30.3 Å². The molecule has 1 unspecified atom stereocenters. The van der Waals surface area contributed by atoms with Crippen molar-refractivity contribution < 1.29 is 23.6 Å². The number of hydrogen-bond donors (Lipinski definition) is 1. The number of alkyl halides is 1. The van der Waals surface area contributed by atoms with E-state index in [0.717, 1.165) is 10.6 Å². The van der Waals surface area contributed by atoms with Gasteiger partial charge in [0.15, 0.2) is 0 Å². The minimum absolute atomic E-state index is 0.0243. The Bertz CT molecular complexity index is 484. The van der Waals surface area contributed by atoms with Crippen LogP contribution in [0.4, 0.5) is 4.39 Å². The minimum Gasteiger partial charge on any atom is -0.350 e. The highest BCUT2D eigenvalue weighted by molar-refractivity contribution is 5.79. The van der Waals surface area contributed by atoms with E-state index in [1.54, 1.807) is 0 Å². The highest BCUT2D eigenvalue weighted by Crippen LogP contribution is 2.11. The molecule has 6 nitrogen and oxygen atoms in total. The Kier molecular flexibility index (Phi) is 9.23. The zero-order valence-corrected chi connectivity index (χ0v) is 12.8. The van der Waals surface area contributed by atoms with E-state index in [1.807, 2.05) is 30.3 Å². The molecule has 1 aromatic carbocycles. The largest absolute Gasteiger partial charge is 0.350 e. The van der Waals surface area contributed by atoms with Gasteiger partial charge < -0.3 is 10.1 Å². The molecule has 0 saturated carbocycles. The van der Waals surface area contributed by atoms with E-state index in [1.165, 1.54) is 0 Å². The van der Waals surface area contributed by atoms with Crippen LogP contribution in [0.3, 0.4) is 0 Å². The highest BCUT2D eigenvalue weighted by Gasteiger charge is 2.20. The van der Waals surface area contributed by atoms with Gasteiger partial charge in [0.25, 0.3) is 5.91 Å². The summed E-state index contributed by atoms with van der Waals surface area (Å²) in [5, 5.41) is 3.31. The molecule has 1 N–H and O–H groups in total. The van der Waals surface area contributed by atoms with Crippen LogP contribution >= 0.6 is 0 Å². The molecule has 7 heteroatoms. The lowest BCUT2D eigenvalue weighted by atomic mass is 10.1. The number of rotatable bonds is 12. The standard InChI is InChI=1S/C16H21FN2O4/c17-9-15(7-4-8-20)11-19(16(22)10-18-13-21)23-12-14-5-2-1-3-6-14/h1-3,5-6,8,13,15H,4,7,9-12H2,(H,18,21). The van der Waals surface area contributed by atoms with E-state index in [2.05, 4.69) is 5.32 Å². The maximum atomic E-state index is 13.0. The Morgan fingerprint density at radius 1 is 1.30 bits per heavy atom. The highest BCUT2D eigenvalue weighted by atomic mass is 19.1. The number of aldehydes is 1. The quantitative estimate of drug-likeness (QED) is 0.464. The van der Waals surface area contributed by atoms with Gasteiger partial charge in [-0.3, -0.25) is 18.8 Å². The monoisotopic (exact) mass is 324 g/mol. The lowest BCUT2D eigenvalue weighted by molar-refractivity contribution is -0.194. The van der Waals surface area contributed by atoms with Crippen molar-refractivity contribution in [2.75, 3.05) is 19.8 Å². The summed E-state index contributed by atoms with van der Waals surface area (Å²) in [6, 6.07) is 9.22. The third-order valence-corrected chi connectivity index (χ3v) is 3.18. The number of halogens is 1. The number of amides is 2. The number of benzene rings is 1. The van der Waals surface area contributed by atoms with Gasteiger partial charge in [-0.25, -0.2) is 5.06 Å². The third kappa shape index (κ3) is 7.51. The number of carbonyl (C=O) groups excluding carboxylic acids is 3. The Morgan fingerprint density at radius 3 is 2.65 bits per heavy atom. The predicted octanol–water partition coefficient (Wildman–Crippen LogP) is 1.26. The Balaban J connectivity index is 2.64. The van der Waals surface area contributed by atoms with Crippen molar-refractivity contribution in [1.82, 2.24) is 10.4 Å². The SMILES string of the molecule is O=CCCC(CF)CN(OCc1ccccc1)C(=O)CNC=O. The van der Waals surface area contributed by atoms with Crippen LogP contribution in [0.1, 0.15) is 18.4 Å². The lowest BCUT2D eigenvalue weighted by Gasteiger charge is -2.25. The van der Waals surface area contributed by atoms with Crippen molar-refractivity contribution in [1.29, 1.82) is 0 Å². The molecule has 23 heavy (non-hydrogen) atoms. The van der Waals surface area contributed by atoms with Gasteiger partial charge in [-0.05, 0) is 12.0 Å². The fourth-order valence-corrected chi connectivity index (χ4v) is 1.93. The van der Waals surface area contributed by atoms with Crippen LogP contribution in [-0.4, -0.2) is 43.4 Å². The molecule has 126 valence electrons. The van der Waals surface area contributed by atoms with E-state index < -0.39 is 18.5 Å². The van der Waals surface area contributed by atoms with Crippen LogP contribution in [0.15, 0.2) is 30.3 Å². The van der Waals surface area contributed by atoms with Crippen molar-refractivity contribution in [3.05, 3.63) is 35.9 Å². The van der Waals surface area contributed by atoms with Gasteiger partial charge >= 0.3 is 0 Å². The van der Waals surface area contributed by atoms with Crippen molar-refractivity contribution >= 4 is 18.6 Å². The molecule has 0 aliphatic heterocycles. The summed E-state index contributed by atoms with van der Waals surface area (Å²) in [5.41, 5.74) is 0.860. The van der Waals surface area contributed by atoms with Crippen LogP contribution in [0.2, 0.25) is 0 Å². The Morgan fingerprint density at radius 2 is 2.04 bits per heavy atom. The molecule has 0 heterocycles. The second kappa shape index (κ2) is 11.3. The second-order valence-corrected chi connectivity index (χ2v) is 4.98. The van der Waals surface area contributed by atoms with Crippen LogP contribution in [0.25, 0.3) is 0 Å². The lowest BCUT2D eigenvalue weighted by Crippen LogP contribution is -2.41. The van der Waals surface area contributed by atoms with E-state index in [0.29, 0.717) is 19.1 Å². The summed E-state index contributed by atoms with van der Waals surface area (Å²) in [4.78, 5) is 38.2. The number of hydroxylamine groups is 2. The molecule has 0 aliphatic rings. The maximum absolute atomic E-state index is 13.0. The molecule has 0 bridgehead atoms. The van der Waals surface area contributed by atoms with E-state index in [4.69, 9.17) is 4.84 Å². The van der Waals surface area contributed by atoms with Gasteiger partial charge in [-0.15, -0.1) is 0 Å². The molecule has 0 aliphatic carbocycles. The fourth-order valence-electron chi connectivity index (χ4n) is 1.93. The molecule has 0 spiro atoms. The maximum Gasteiger partial charge on any atom is 0.265 e. The molecule has 2 amide bonds. The van der Waals surface area contributed by atoms with Gasteiger partial charge in [0, 0.05) is 12.3 Å². The van der Waals surface area contributed by atoms with Crippen molar-refractivity contribution in [3.63, 3.8) is 0 Å². The molecule has 0 fully saturated rings. The molecule has 0 aromatic heterocycles. The first-order valence-corrected chi connectivity index (χ1v) is 7.35. The first kappa shape index (κ1) is 18.8. The minimum atomic E-state index is -0.659. The first-order valence-electron chi connectivity index (χ1n) is 7.35. The summed E-state index contributed by atoms with van der Waals surface area (Å²) in [5.74, 6) is -0.964. The number of nitrogens with zero attached hydrogens (tertiary/aromatic N) is 1. The van der Waals surface area contributed by atoms with Crippen LogP contribution in [0.5, 0.6) is 0 Å². The van der Waals surface area contributed by atoms with Crippen molar-refractivity contribution in [2.45, 2.75) is 19.4 Å². The zero-order valence-electron chi connectivity index (χ0n) is 12.8. The Hall–Kier alpha value is -2.28. The summed E-state index contributed by atoms with van der Waals surface area (Å²) in [7, 11) is 0. The van der Waals surface area contributed by atoms with E-state index in [-0.39, 0.29) is 26.1 Å². The molecular weight excluding hydrogens is 303 g/mol. The number of hydrogen-bond acceptors (Lipinski definition) is 4. The Labute approximate surface area is 134 Å². The first-order chi connectivity index (χ1) is 11.2. The normalized spacial score (nSPS) is 11.5. The molecular formula is C16H21FN2O4. The fraction of sp³-hybridized carbons (Fsp3) is 0.438. The predicted molar refractivity (Wildman–Crippen MR) is 81.8 cm³/mol. The molecule has 0 saturated heterocycles. The van der Waals surface area contributed by atoms with Crippen LogP contribution in [-0.2, 0) is 25.8 Å². The third-order valence-electron chi connectivity index (χ3n) is 3.18. The van der Waals surface area contributed by atoms with Crippen molar-refractivity contribution in [3.8, 4) is 0 Å². The van der Waals surface area contributed by atoms with Crippen LogP contribution < -0.4 is 5.32 Å². The molecule has 1 atom stereocenters. The topological polar surface area (TPSA) is 75.7 Å². The summed E-state index contributed by atoms with van der Waals surface area (Å²) in [6.07, 6.45) is 1.68. The van der Waals surface area contributed by atoms with Crippen LogP contribution in [0, 0.1) is 5.92 Å². The summed E-state index contributed by atoms with van der Waals surface area (Å²) in [6.45, 7) is -0.713.